The predicted molar refractivity (Wildman–Crippen MR) is 82.5 cm³/mol. The van der Waals surface area contributed by atoms with Crippen molar-refractivity contribution < 1.29 is 9.59 Å². The van der Waals surface area contributed by atoms with E-state index in [1.54, 1.807) is 0 Å². The molecular formula is C16H29N3O2. The second-order valence-corrected chi connectivity index (χ2v) is 6.86. The number of unbranched alkanes of at least 4 members (excludes halogenated alkanes) is 2. The molecule has 1 heterocycles. The summed E-state index contributed by atoms with van der Waals surface area (Å²) in [6.07, 6.45) is 7.26. The molecule has 3 amide bonds. The quantitative estimate of drug-likeness (QED) is 0.676. The lowest BCUT2D eigenvalue weighted by Gasteiger charge is -2.37. The minimum absolute atomic E-state index is 0.121. The van der Waals surface area contributed by atoms with E-state index >= 15 is 0 Å². The number of hydrogen-bond acceptors (Lipinski definition) is 3. The highest BCUT2D eigenvalue weighted by atomic mass is 16.2. The Balaban J connectivity index is 2.22. The average molecular weight is 295 g/mol. The number of nitrogens with one attached hydrogen (secondary N) is 1. The number of rotatable bonds is 8. The number of hydrogen-bond donors (Lipinski definition) is 2. The number of nitrogens with zero attached hydrogens (tertiary/aromatic N) is 1. The van der Waals surface area contributed by atoms with Crippen molar-refractivity contribution in [3.05, 3.63) is 0 Å². The number of imide groups is 1. The Hall–Kier alpha value is -1.10. The zero-order valence-corrected chi connectivity index (χ0v) is 13.6. The molecule has 2 aliphatic rings. The molecule has 5 heteroatoms. The highest BCUT2D eigenvalue weighted by molar-refractivity contribution is 6.07. The highest BCUT2D eigenvalue weighted by Gasteiger charge is 2.59. The van der Waals surface area contributed by atoms with E-state index in [2.05, 4.69) is 19.2 Å². The smallest absolute Gasteiger partial charge is 0.323 e. The Labute approximate surface area is 127 Å². The van der Waals surface area contributed by atoms with E-state index in [0.717, 1.165) is 38.5 Å². The lowest BCUT2D eigenvalue weighted by Crippen LogP contribution is -2.59. The zero-order valence-electron chi connectivity index (χ0n) is 13.6. The Morgan fingerprint density at radius 1 is 1.24 bits per heavy atom. The highest BCUT2D eigenvalue weighted by Crippen LogP contribution is 2.44. The fourth-order valence-electron chi connectivity index (χ4n) is 3.31. The number of carbonyl (C=O) groups is 2. The Kier molecular flexibility index (Phi) is 4.61. The van der Waals surface area contributed by atoms with Gasteiger partial charge in [0.15, 0.2) is 0 Å². The summed E-state index contributed by atoms with van der Waals surface area (Å²) in [4.78, 5) is 26.6. The monoisotopic (exact) mass is 295 g/mol. The van der Waals surface area contributed by atoms with Crippen LogP contribution in [-0.2, 0) is 4.79 Å². The van der Waals surface area contributed by atoms with E-state index in [1.165, 1.54) is 4.90 Å². The normalized spacial score (nSPS) is 26.4. The summed E-state index contributed by atoms with van der Waals surface area (Å²) in [5, 5.41) is 2.91. The summed E-state index contributed by atoms with van der Waals surface area (Å²) >= 11 is 0. The van der Waals surface area contributed by atoms with Gasteiger partial charge in [-0.1, -0.05) is 39.5 Å². The van der Waals surface area contributed by atoms with Gasteiger partial charge < -0.3 is 11.1 Å². The van der Waals surface area contributed by atoms with Gasteiger partial charge in [-0.05, 0) is 38.5 Å². The van der Waals surface area contributed by atoms with Crippen LogP contribution in [0.4, 0.5) is 4.79 Å². The maximum atomic E-state index is 12.9. The van der Waals surface area contributed by atoms with E-state index in [1.807, 2.05) is 6.92 Å². The summed E-state index contributed by atoms with van der Waals surface area (Å²) < 4.78 is 0. The van der Waals surface area contributed by atoms with Gasteiger partial charge in [-0.3, -0.25) is 4.79 Å². The van der Waals surface area contributed by atoms with Crippen molar-refractivity contribution in [3.8, 4) is 0 Å². The summed E-state index contributed by atoms with van der Waals surface area (Å²) in [6.45, 7) is 6.05. The molecule has 0 radical (unpaired) electrons. The Morgan fingerprint density at radius 2 is 1.76 bits per heavy atom. The molecule has 2 fully saturated rings. The largest absolute Gasteiger partial charge is 0.326 e. The fourth-order valence-corrected chi connectivity index (χ4v) is 3.31. The first-order valence-electron chi connectivity index (χ1n) is 8.34. The lowest BCUT2D eigenvalue weighted by molar-refractivity contribution is -0.136. The van der Waals surface area contributed by atoms with Crippen molar-refractivity contribution in [2.75, 3.05) is 0 Å². The third-order valence-electron chi connectivity index (χ3n) is 4.98. The van der Waals surface area contributed by atoms with Crippen molar-refractivity contribution >= 4 is 11.9 Å². The van der Waals surface area contributed by atoms with Gasteiger partial charge in [-0.15, -0.1) is 0 Å². The van der Waals surface area contributed by atoms with Crippen molar-refractivity contribution in [2.45, 2.75) is 83.3 Å². The molecule has 3 N–H and O–H groups in total. The molecule has 1 saturated heterocycles. The van der Waals surface area contributed by atoms with E-state index < -0.39 is 11.2 Å². The van der Waals surface area contributed by atoms with Gasteiger partial charge in [0.25, 0.3) is 5.91 Å². The minimum Gasteiger partial charge on any atom is -0.323 e. The second kappa shape index (κ2) is 5.95. The van der Waals surface area contributed by atoms with Crippen LogP contribution in [0.1, 0.15) is 72.1 Å². The second-order valence-electron chi connectivity index (χ2n) is 6.86. The topological polar surface area (TPSA) is 75.4 Å². The van der Waals surface area contributed by atoms with Crippen LogP contribution in [0.5, 0.6) is 0 Å². The van der Waals surface area contributed by atoms with E-state index in [0.29, 0.717) is 12.8 Å². The molecule has 21 heavy (non-hydrogen) atoms. The standard InChI is InChI=1S/C16H29N3O2/c1-4-6-10-16(17,11-7-5-2)19-13(20)15(3,12-8-9-12)18-14(19)21/h12H,4-11,17H2,1-3H3,(H,18,21). The van der Waals surface area contributed by atoms with Crippen LogP contribution in [0.15, 0.2) is 0 Å². The van der Waals surface area contributed by atoms with Crippen LogP contribution in [0.2, 0.25) is 0 Å². The number of carbonyl (C=O) groups excluding carboxylic acids is 2. The molecule has 0 bridgehead atoms. The molecular weight excluding hydrogens is 266 g/mol. The molecule has 1 aliphatic heterocycles. The van der Waals surface area contributed by atoms with Gasteiger partial charge in [0.1, 0.15) is 11.2 Å². The predicted octanol–water partition coefficient (Wildman–Crippen LogP) is 2.74. The Bertz CT molecular complexity index is 412. The maximum absolute atomic E-state index is 12.9. The summed E-state index contributed by atoms with van der Waals surface area (Å²) in [5.74, 6) is 0.158. The first-order valence-corrected chi connectivity index (χ1v) is 8.34. The van der Waals surface area contributed by atoms with Crippen molar-refractivity contribution in [2.24, 2.45) is 11.7 Å². The molecule has 0 spiro atoms. The van der Waals surface area contributed by atoms with Crippen LogP contribution in [0.25, 0.3) is 0 Å². The number of urea groups is 1. The van der Waals surface area contributed by atoms with Crippen LogP contribution in [0, 0.1) is 5.92 Å². The molecule has 0 aromatic carbocycles. The van der Waals surface area contributed by atoms with Crippen LogP contribution in [0.3, 0.4) is 0 Å². The number of nitrogens with two attached hydrogens (primary N) is 1. The van der Waals surface area contributed by atoms with Gasteiger partial charge in [0, 0.05) is 0 Å². The summed E-state index contributed by atoms with van der Waals surface area (Å²) in [6, 6.07) is -0.302. The van der Waals surface area contributed by atoms with Gasteiger partial charge in [0.2, 0.25) is 0 Å². The van der Waals surface area contributed by atoms with Gasteiger partial charge >= 0.3 is 6.03 Å². The summed E-state index contributed by atoms with van der Waals surface area (Å²) in [7, 11) is 0. The molecule has 1 aliphatic carbocycles. The molecule has 1 saturated carbocycles. The van der Waals surface area contributed by atoms with Gasteiger partial charge in [-0.2, -0.15) is 0 Å². The maximum Gasteiger partial charge on any atom is 0.326 e. The average Bonchev–Trinajstić information content (AvgIpc) is 3.24. The van der Waals surface area contributed by atoms with Crippen LogP contribution >= 0.6 is 0 Å². The molecule has 120 valence electrons. The SMILES string of the molecule is CCCCC(N)(CCCC)N1C(=O)NC(C)(C2CC2)C1=O. The molecule has 1 unspecified atom stereocenters. The van der Waals surface area contributed by atoms with Crippen LogP contribution in [-0.4, -0.2) is 28.0 Å². The van der Waals surface area contributed by atoms with Crippen LogP contribution < -0.4 is 11.1 Å². The summed E-state index contributed by atoms with van der Waals surface area (Å²) in [5.41, 5.74) is 4.97. The van der Waals surface area contributed by atoms with Gasteiger partial charge in [-0.25, -0.2) is 9.69 Å². The fraction of sp³-hybridized carbons (Fsp3) is 0.875. The first-order chi connectivity index (χ1) is 9.89. The third-order valence-corrected chi connectivity index (χ3v) is 4.98. The van der Waals surface area contributed by atoms with Crippen molar-refractivity contribution in [1.82, 2.24) is 10.2 Å². The molecule has 2 rings (SSSR count). The van der Waals surface area contributed by atoms with Crippen molar-refractivity contribution in [3.63, 3.8) is 0 Å². The number of amides is 3. The van der Waals surface area contributed by atoms with Crippen molar-refractivity contribution in [1.29, 1.82) is 0 Å². The third kappa shape index (κ3) is 2.93. The lowest BCUT2D eigenvalue weighted by atomic mass is 9.91. The zero-order chi connectivity index (χ0) is 15.7. The minimum atomic E-state index is -0.833. The van der Waals surface area contributed by atoms with Gasteiger partial charge in [0.05, 0.1) is 0 Å². The molecule has 0 aromatic rings. The molecule has 5 nitrogen and oxygen atoms in total. The molecule has 0 aromatic heterocycles. The Morgan fingerprint density at radius 3 is 2.19 bits per heavy atom. The first kappa shape index (κ1) is 16.3. The van der Waals surface area contributed by atoms with E-state index in [9.17, 15) is 9.59 Å². The van der Waals surface area contributed by atoms with E-state index in [-0.39, 0.29) is 17.9 Å². The molecule has 1 atom stereocenters. The van der Waals surface area contributed by atoms with E-state index in [4.69, 9.17) is 5.73 Å².